The summed E-state index contributed by atoms with van der Waals surface area (Å²) in [7, 11) is 0. The molecule has 0 spiro atoms. The highest BCUT2D eigenvalue weighted by Gasteiger charge is 2.16. The first kappa shape index (κ1) is 11.7. The summed E-state index contributed by atoms with van der Waals surface area (Å²) in [5.41, 5.74) is 3.45. The Labute approximate surface area is 117 Å². The van der Waals surface area contributed by atoms with E-state index in [-0.39, 0.29) is 0 Å². The summed E-state index contributed by atoms with van der Waals surface area (Å²) in [6, 6.07) is 8.93. The molecule has 2 aromatic heterocycles. The molecule has 1 aliphatic heterocycles. The van der Waals surface area contributed by atoms with Gasteiger partial charge >= 0.3 is 0 Å². The first-order valence-corrected chi connectivity index (χ1v) is 7.24. The number of nitrogens with zero attached hydrogens (tertiary/aromatic N) is 1. The van der Waals surface area contributed by atoms with Crippen LogP contribution >= 0.6 is 0 Å². The second-order valence-corrected chi connectivity index (χ2v) is 5.49. The summed E-state index contributed by atoms with van der Waals surface area (Å²) in [4.78, 5) is 11.3. The SMILES string of the molecule is c1ccc2c(-c3cnc(CC4CCCN4)[nH]3)c[nH]c2c1. The molecule has 4 rings (SSSR count). The molecule has 0 aliphatic carbocycles. The number of rotatable bonds is 3. The van der Waals surface area contributed by atoms with E-state index in [1.807, 2.05) is 12.3 Å². The Morgan fingerprint density at radius 1 is 1.25 bits per heavy atom. The molecule has 1 unspecified atom stereocenters. The lowest BCUT2D eigenvalue weighted by atomic mass is 10.1. The van der Waals surface area contributed by atoms with Crippen molar-refractivity contribution in [2.75, 3.05) is 6.54 Å². The Morgan fingerprint density at radius 2 is 2.20 bits per heavy atom. The summed E-state index contributed by atoms with van der Waals surface area (Å²) >= 11 is 0. The second-order valence-electron chi connectivity index (χ2n) is 5.49. The maximum Gasteiger partial charge on any atom is 0.108 e. The monoisotopic (exact) mass is 266 g/mol. The zero-order valence-electron chi connectivity index (χ0n) is 11.3. The first-order valence-electron chi connectivity index (χ1n) is 7.24. The van der Waals surface area contributed by atoms with Gasteiger partial charge in [0.25, 0.3) is 0 Å². The predicted octanol–water partition coefficient (Wildman–Crippen LogP) is 2.85. The van der Waals surface area contributed by atoms with Crippen molar-refractivity contribution < 1.29 is 0 Å². The minimum atomic E-state index is 0.581. The number of fused-ring (bicyclic) bond motifs is 1. The number of benzene rings is 1. The van der Waals surface area contributed by atoms with Crippen LogP contribution in [0.25, 0.3) is 22.2 Å². The molecule has 4 nitrogen and oxygen atoms in total. The maximum atomic E-state index is 4.53. The van der Waals surface area contributed by atoms with E-state index in [2.05, 4.69) is 44.7 Å². The topological polar surface area (TPSA) is 56.5 Å². The molecule has 1 saturated heterocycles. The van der Waals surface area contributed by atoms with E-state index in [4.69, 9.17) is 0 Å². The Morgan fingerprint density at radius 3 is 3.10 bits per heavy atom. The smallest absolute Gasteiger partial charge is 0.108 e. The molecule has 1 aromatic carbocycles. The van der Waals surface area contributed by atoms with Crippen LogP contribution in [0.1, 0.15) is 18.7 Å². The van der Waals surface area contributed by atoms with E-state index in [9.17, 15) is 0 Å². The van der Waals surface area contributed by atoms with Crippen molar-refractivity contribution in [3.05, 3.63) is 42.5 Å². The van der Waals surface area contributed by atoms with Gasteiger partial charge in [-0.25, -0.2) is 4.98 Å². The van der Waals surface area contributed by atoms with Crippen LogP contribution in [0.15, 0.2) is 36.7 Å². The molecule has 102 valence electrons. The number of nitrogens with one attached hydrogen (secondary N) is 3. The molecule has 1 fully saturated rings. The van der Waals surface area contributed by atoms with Gasteiger partial charge in [0.1, 0.15) is 5.82 Å². The van der Waals surface area contributed by atoms with E-state index in [0.29, 0.717) is 6.04 Å². The van der Waals surface area contributed by atoms with Crippen molar-refractivity contribution in [3.8, 4) is 11.3 Å². The first-order chi connectivity index (χ1) is 9.90. The number of hydrogen-bond acceptors (Lipinski definition) is 2. The number of aromatic amines is 2. The van der Waals surface area contributed by atoms with Gasteiger partial charge in [-0.2, -0.15) is 0 Å². The standard InChI is InChI=1S/C16H18N4/c1-2-6-14-12(5-1)13(9-18-14)15-10-19-16(20-15)8-11-4-3-7-17-11/h1-2,5-6,9-11,17-18H,3-4,7-8H2,(H,19,20). The maximum absolute atomic E-state index is 4.53. The van der Waals surface area contributed by atoms with Crippen LogP contribution in [-0.2, 0) is 6.42 Å². The molecule has 3 aromatic rings. The van der Waals surface area contributed by atoms with Gasteiger partial charge in [0.15, 0.2) is 0 Å². The van der Waals surface area contributed by atoms with Gasteiger partial charge in [0.05, 0.1) is 11.9 Å². The van der Waals surface area contributed by atoms with Crippen LogP contribution in [0.4, 0.5) is 0 Å². The normalized spacial score (nSPS) is 18.9. The summed E-state index contributed by atoms with van der Waals surface area (Å²) in [6.07, 6.45) is 7.52. The van der Waals surface area contributed by atoms with Crippen LogP contribution < -0.4 is 5.32 Å². The minimum Gasteiger partial charge on any atom is -0.360 e. The van der Waals surface area contributed by atoms with Crippen LogP contribution in [0.5, 0.6) is 0 Å². The van der Waals surface area contributed by atoms with Gasteiger partial charge in [-0.1, -0.05) is 18.2 Å². The van der Waals surface area contributed by atoms with E-state index in [1.165, 1.54) is 23.8 Å². The van der Waals surface area contributed by atoms with Crippen molar-refractivity contribution in [3.63, 3.8) is 0 Å². The molecule has 1 aliphatic rings. The Bertz CT molecular complexity index is 719. The van der Waals surface area contributed by atoms with Crippen molar-refractivity contribution >= 4 is 10.9 Å². The average molecular weight is 266 g/mol. The van der Waals surface area contributed by atoms with E-state index in [1.54, 1.807) is 0 Å². The molecule has 0 radical (unpaired) electrons. The summed E-state index contributed by atoms with van der Waals surface area (Å²) in [5, 5.41) is 4.75. The quantitative estimate of drug-likeness (QED) is 0.682. The fourth-order valence-corrected chi connectivity index (χ4v) is 3.06. The fraction of sp³-hybridized carbons (Fsp3) is 0.312. The lowest BCUT2D eigenvalue weighted by Gasteiger charge is -2.06. The highest BCUT2D eigenvalue weighted by atomic mass is 15.0. The third-order valence-electron chi connectivity index (χ3n) is 4.11. The van der Waals surface area contributed by atoms with Crippen molar-refractivity contribution in [1.29, 1.82) is 0 Å². The summed E-state index contributed by atoms with van der Waals surface area (Å²) in [5.74, 6) is 1.07. The Hall–Kier alpha value is -2.07. The van der Waals surface area contributed by atoms with E-state index >= 15 is 0 Å². The molecule has 4 heteroatoms. The molecule has 0 amide bonds. The van der Waals surface area contributed by atoms with E-state index < -0.39 is 0 Å². The van der Waals surface area contributed by atoms with Crippen LogP contribution in [0.3, 0.4) is 0 Å². The van der Waals surface area contributed by atoms with Crippen LogP contribution in [0.2, 0.25) is 0 Å². The van der Waals surface area contributed by atoms with E-state index in [0.717, 1.165) is 30.0 Å². The third-order valence-corrected chi connectivity index (χ3v) is 4.11. The molecule has 20 heavy (non-hydrogen) atoms. The second kappa shape index (κ2) is 4.80. The van der Waals surface area contributed by atoms with Gasteiger partial charge in [0, 0.05) is 35.1 Å². The molecule has 0 bridgehead atoms. The fourth-order valence-electron chi connectivity index (χ4n) is 3.06. The third kappa shape index (κ3) is 2.02. The molecule has 3 heterocycles. The van der Waals surface area contributed by atoms with Crippen LogP contribution in [0, 0.1) is 0 Å². The van der Waals surface area contributed by atoms with Crippen LogP contribution in [-0.4, -0.2) is 27.5 Å². The molecule has 0 saturated carbocycles. The Balaban J connectivity index is 1.64. The largest absolute Gasteiger partial charge is 0.360 e. The highest BCUT2D eigenvalue weighted by molar-refractivity contribution is 5.94. The molecular formula is C16H18N4. The van der Waals surface area contributed by atoms with Crippen molar-refractivity contribution in [1.82, 2.24) is 20.3 Å². The lowest BCUT2D eigenvalue weighted by Crippen LogP contribution is -2.24. The predicted molar refractivity (Wildman–Crippen MR) is 80.6 cm³/mol. The summed E-state index contributed by atoms with van der Waals surface area (Å²) < 4.78 is 0. The van der Waals surface area contributed by atoms with Crippen molar-refractivity contribution in [2.45, 2.75) is 25.3 Å². The summed E-state index contributed by atoms with van der Waals surface area (Å²) in [6.45, 7) is 1.14. The number of hydrogen-bond donors (Lipinski definition) is 3. The van der Waals surface area contributed by atoms with Gasteiger partial charge in [-0.15, -0.1) is 0 Å². The Kier molecular flexibility index (Phi) is 2.81. The number of aromatic nitrogens is 3. The van der Waals surface area contributed by atoms with Crippen molar-refractivity contribution in [2.24, 2.45) is 0 Å². The molecular weight excluding hydrogens is 248 g/mol. The van der Waals surface area contributed by atoms with Gasteiger partial charge in [-0.05, 0) is 25.5 Å². The highest BCUT2D eigenvalue weighted by Crippen LogP contribution is 2.27. The number of para-hydroxylation sites is 1. The number of H-pyrrole nitrogens is 2. The molecule has 1 atom stereocenters. The zero-order chi connectivity index (χ0) is 13.4. The lowest BCUT2D eigenvalue weighted by molar-refractivity contribution is 0.589. The average Bonchev–Trinajstić information content (AvgIpc) is 3.18. The zero-order valence-corrected chi connectivity index (χ0v) is 11.3. The molecule has 3 N–H and O–H groups in total. The van der Waals surface area contributed by atoms with Gasteiger partial charge in [0.2, 0.25) is 0 Å². The minimum absolute atomic E-state index is 0.581. The number of imidazole rings is 1. The van der Waals surface area contributed by atoms with Gasteiger partial charge in [-0.3, -0.25) is 0 Å². The van der Waals surface area contributed by atoms with Gasteiger partial charge < -0.3 is 15.3 Å².